The number of allylic oxidation sites excluding steroid dienone is 2. The van der Waals surface area contributed by atoms with Crippen LogP contribution in [0.1, 0.15) is 32.8 Å². The molecule has 0 aliphatic carbocycles. The van der Waals surface area contributed by atoms with Crippen LogP contribution in [0.4, 0.5) is 0 Å². The number of likely N-dealkylation sites (N-methyl/N-ethyl adjacent to an activating group) is 1. The maximum atomic E-state index is 13.3. The average molecular weight is 327 g/mol. The van der Waals surface area contributed by atoms with Crippen molar-refractivity contribution in [3.05, 3.63) is 52.6 Å². The van der Waals surface area contributed by atoms with Gasteiger partial charge in [-0.1, -0.05) is 32.0 Å². The minimum atomic E-state index is -0.667. The van der Waals surface area contributed by atoms with Crippen LogP contribution >= 0.6 is 0 Å². The number of aromatic nitrogens is 1. The highest BCUT2D eigenvalue weighted by atomic mass is 16.6. The molecular weight excluding hydrogens is 302 g/mol. The van der Waals surface area contributed by atoms with Crippen LogP contribution < -0.4 is 0 Å². The first kappa shape index (κ1) is 16.9. The molecule has 1 aliphatic heterocycles. The number of hydroxylamine groups is 3. The second-order valence-corrected chi connectivity index (χ2v) is 6.95. The lowest BCUT2D eigenvalue weighted by Crippen LogP contribution is -2.53. The summed E-state index contributed by atoms with van der Waals surface area (Å²) in [4.78, 5) is 8.14. The topological polar surface area (TPSA) is 60.4 Å². The number of benzene rings is 1. The Labute approximate surface area is 142 Å². The number of fused-ring (bicyclic) bond motifs is 1. The Morgan fingerprint density at radius 1 is 1.33 bits per heavy atom. The number of aliphatic imine (C=N–C) groups is 1. The van der Waals surface area contributed by atoms with Crippen molar-refractivity contribution >= 4 is 16.6 Å². The van der Waals surface area contributed by atoms with Crippen molar-refractivity contribution in [2.24, 2.45) is 10.9 Å². The fourth-order valence-electron chi connectivity index (χ4n) is 3.32. The van der Waals surface area contributed by atoms with E-state index in [1.165, 1.54) is 0 Å². The molecule has 0 spiro atoms. The van der Waals surface area contributed by atoms with E-state index in [0.717, 1.165) is 34.3 Å². The first-order valence-electron chi connectivity index (χ1n) is 8.31. The lowest BCUT2D eigenvalue weighted by Gasteiger charge is -2.47. The quantitative estimate of drug-likeness (QED) is 0.677. The number of hydrogen-bond donors (Lipinski definition) is 1. The number of nitrogens with zero attached hydrogens (tertiary/aromatic N) is 2. The van der Waals surface area contributed by atoms with Gasteiger partial charge in [0.25, 0.3) is 0 Å². The van der Waals surface area contributed by atoms with Crippen molar-refractivity contribution in [1.82, 2.24) is 4.98 Å². The van der Waals surface area contributed by atoms with E-state index in [1.807, 2.05) is 37.4 Å². The molecule has 2 aromatic rings. The molecule has 1 aromatic carbocycles. The molecule has 2 atom stereocenters. The second kappa shape index (κ2) is 6.16. The SMILES string of the molecule is COC1C(c2c[nH]c3ccccc23)=NC(CC(C)C)=C(C)[N+]1(C)[O-]. The van der Waals surface area contributed by atoms with Gasteiger partial charge in [-0.05, 0) is 18.4 Å². The first-order valence-corrected chi connectivity index (χ1v) is 8.31. The summed E-state index contributed by atoms with van der Waals surface area (Å²) in [6.45, 7) is 6.14. The summed E-state index contributed by atoms with van der Waals surface area (Å²) in [7, 11) is 3.22. The number of H-pyrrole nitrogens is 1. The van der Waals surface area contributed by atoms with Gasteiger partial charge in [-0.25, -0.2) is 4.99 Å². The number of para-hydroxylation sites is 1. The van der Waals surface area contributed by atoms with Gasteiger partial charge in [0.1, 0.15) is 11.4 Å². The minimum Gasteiger partial charge on any atom is -0.626 e. The van der Waals surface area contributed by atoms with Crippen molar-refractivity contribution in [3.63, 3.8) is 0 Å². The molecule has 0 bridgehead atoms. The highest BCUT2D eigenvalue weighted by Gasteiger charge is 2.39. The van der Waals surface area contributed by atoms with Crippen LogP contribution in [-0.2, 0) is 4.74 Å². The molecule has 128 valence electrons. The zero-order valence-corrected chi connectivity index (χ0v) is 15.0. The first-order chi connectivity index (χ1) is 11.4. The number of hydrogen-bond acceptors (Lipinski definition) is 3. The maximum absolute atomic E-state index is 13.3. The number of aromatic amines is 1. The Bertz CT molecular complexity index is 815. The van der Waals surface area contributed by atoms with Gasteiger partial charge in [0, 0.05) is 36.7 Å². The molecule has 0 saturated heterocycles. The fourth-order valence-corrected chi connectivity index (χ4v) is 3.32. The summed E-state index contributed by atoms with van der Waals surface area (Å²) in [5.74, 6) is 0.432. The summed E-state index contributed by atoms with van der Waals surface area (Å²) in [5.41, 5.74) is 4.26. The van der Waals surface area contributed by atoms with E-state index in [4.69, 9.17) is 9.73 Å². The highest BCUT2D eigenvalue weighted by Crippen LogP contribution is 2.34. The van der Waals surface area contributed by atoms with Crippen LogP contribution in [0.25, 0.3) is 10.9 Å². The molecular formula is C19H25N3O2. The van der Waals surface area contributed by atoms with Gasteiger partial charge in [0.15, 0.2) is 0 Å². The monoisotopic (exact) mass is 327 g/mol. The molecule has 0 amide bonds. The van der Waals surface area contributed by atoms with E-state index in [1.54, 1.807) is 14.2 Å². The predicted octanol–water partition coefficient (Wildman–Crippen LogP) is 4.17. The van der Waals surface area contributed by atoms with Crippen LogP contribution in [0.5, 0.6) is 0 Å². The summed E-state index contributed by atoms with van der Waals surface area (Å²) in [6, 6.07) is 8.04. The minimum absolute atomic E-state index is 0.432. The van der Waals surface area contributed by atoms with Crippen molar-refractivity contribution in [1.29, 1.82) is 0 Å². The number of methoxy groups -OCH3 is 1. The van der Waals surface area contributed by atoms with Crippen molar-refractivity contribution < 1.29 is 9.38 Å². The molecule has 1 aliphatic rings. The molecule has 5 heteroatoms. The number of quaternary nitrogens is 1. The zero-order valence-electron chi connectivity index (χ0n) is 15.0. The summed E-state index contributed by atoms with van der Waals surface area (Å²) >= 11 is 0. The van der Waals surface area contributed by atoms with E-state index in [-0.39, 0.29) is 0 Å². The molecule has 2 heterocycles. The average Bonchev–Trinajstić information content (AvgIpc) is 2.95. The van der Waals surface area contributed by atoms with Crippen LogP contribution in [0.3, 0.4) is 0 Å². The lowest BCUT2D eigenvalue weighted by molar-refractivity contribution is -0.862. The fraction of sp³-hybridized carbons (Fsp3) is 0.421. The van der Waals surface area contributed by atoms with E-state index in [0.29, 0.717) is 11.6 Å². The standard InChI is InChI=1S/C19H25N3O2/c1-12(2)10-17-13(3)22(4,23)19(24-5)18(21-17)15-11-20-16-9-7-6-8-14(15)16/h6-9,11-12,19-20H,10H2,1-5H3. The normalized spacial score (nSPS) is 24.8. The molecule has 24 heavy (non-hydrogen) atoms. The summed E-state index contributed by atoms with van der Waals surface area (Å²) in [6.07, 6.45) is 2.04. The van der Waals surface area contributed by atoms with Gasteiger partial charge in [0.2, 0.25) is 6.23 Å². The summed E-state index contributed by atoms with van der Waals surface area (Å²) in [5, 5.41) is 14.4. The molecule has 3 rings (SSSR count). The second-order valence-electron chi connectivity index (χ2n) is 6.95. The third-order valence-corrected chi connectivity index (χ3v) is 4.71. The third kappa shape index (κ3) is 2.69. The van der Waals surface area contributed by atoms with Crippen LogP contribution in [-0.4, -0.2) is 35.7 Å². The Hall–Kier alpha value is -1.95. The Kier molecular flexibility index (Phi) is 4.34. The van der Waals surface area contributed by atoms with E-state index in [9.17, 15) is 5.21 Å². The number of rotatable bonds is 4. The molecule has 0 saturated carbocycles. The molecule has 2 unspecified atom stereocenters. The van der Waals surface area contributed by atoms with Gasteiger partial charge in [-0.3, -0.25) is 0 Å². The van der Waals surface area contributed by atoms with Gasteiger partial charge >= 0.3 is 0 Å². The summed E-state index contributed by atoms with van der Waals surface area (Å²) < 4.78 is 5.02. The third-order valence-electron chi connectivity index (χ3n) is 4.71. The van der Waals surface area contributed by atoms with Gasteiger partial charge in [-0.15, -0.1) is 0 Å². The molecule has 0 radical (unpaired) electrons. The smallest absolute Gasteiger partial charge is 0.241 e. The lowest BCUT2D eigenvalue weighted by atomic mass is 10.0. The van der Waals surface area contributed by atoms with Gasteiger partial charge < -0.3 is 19.6 Å². The van der Waals surface area contributed by atoms with Crippen molar-refractivity contribution in [3.8, 4) is 0 Å². The van der Waals surface area contributed by atoms with Crippen LogP contribution in [0.15, 0.2) is 46.8 Å². The van der Waals surface area contributed by atoms with E-state index in [2.05, 4.69) is 18.8 Å². The van der Waals surface area contributed by atoms with Crippen molar-refractivity contribution in [2.75, 3.05) is 14.2 Å². The van der Waals surface area contributed by atoms with E-state index >= 15 is 0 Å². The zero-order chi connectivity index (χ0) is 17.5. The number of ether oxygens (including phenoxy) is 1. The van der Waals surface area contributed by atoms with Crippen LogP contribution in [0.2, 0.25) is 0 Å². The number of nitrogens with one attached hydrogen (secondary N) is 1. The molecule has 1 aromatic heterocycles. The Morgan fingerprint density at radius 2 is 2.04 bits per heavy atom. The molecule has 1 N–H and O–H groups in total. The van der Waals surface area contributed by atoms with Crippen LogP contribution in [0, 0.1) is 11.1 Å². The van der Waals surface area contributed by atoms with Gasteiger partial charge in [-0.2, -0.15) is 0 Å². The van der Waals surface area contributed by atoms with Crippen molar-refractivity contribution in [2.45, 2.75) is 33.4 Å². The van der Waals surface area contributed by atoms with Gasteiger partial charge in [0.05, 0.1) is 12.7 Å². The Balaban J connectivity index is 2.19. The predicted molar refractivity (Wildman–Crippen MR) is 97.3 cm³/mol. The Morgan fingerprint density at radius 3 is 2.71 bits per heavy atom. The molecule has 0 fully saturated rings. The highest BCUT2D eigenvalue weighted by molar-refractivity contribution is 6.13. The maximum Gasteiger partial charge on any atom is 0.241 e. The molecule has 5 nitrogen and oxygen atoms in total. The largest absolute Gasteiger partial charge is 0.626 e. The van der Waals surface area contributed by atoms with E-state index < -0.39 is 10.9 Å².